The van der Waals surface area contributed by atoms with Gasteiger partial charge in [0.15, 0.2) is 0 Å². The summed E-state index contributed by atoms with van der Waals surface area (Å²) in [7, 11) is 4.25. The van der Waals surface area contributed by atoms with Crippen LogP contribution < -0.4 is 5.32 Å². The van der Waals surface area contributed by atoms with E-state index in [1.807, 2.05) is 0 Å². The van der Waals surface area contributed by atoms with Crippen molar-refractivity contribution in [1.29, 1.82) is 0 Å². The van der Waals surface area contributed by atoms with E-state index in [1.54, 1.807) is 0 Å². The number of hydrogen-bond acceptors (Lipinski definition) is 2. The number of amides is 1. The van der Waals surface area contributed by atoms with Crippen LogP contribution >= 0.6 is 0 Å². The zero-order valence-corrected chi connectivity index (χ0v) is 13.3. The van der Waals surface area contributed by atoms with Crippen LogP contribution in [0.3, 0.4) is 0 Å². The quantitative estimate of drug-likeness (QED) is 0.906. The normalized spacial score (nSPS) is 32.7. The van der Waals surface area contributed by atoms with E-state index >= 15 is 0 Å². The number of nitrogens with zero attached hydrogens (tertiary/aromatic N) is 1. The van der Waals surface area contributed by atoms with Crippen molar-refractivity contribution in [3.8, 4) is 0 Å². The summed E-state index contributed by atoms with van der Waals surface area (Å²) in [6.07, 6.45) is 4.52. The van der Waals surface area contributed by atoms with Crippen molar-refractivity contribution in [2.24, 2.45) is 11.8 Å². The van der Waals surface area contributed by atoms with E-state index in [-0.39, 0.29) is 17.9 Å². The lowest BCUT2D eigenvalue weighted by molar-refractivity contribution is -0.132. The van der Waals surface area contributed by atoms with Crippen LogP contribution in [0.4, 0.5) is 0 Å². The maximum Gasteiger partial charge on any atom is 0.223 e. The number of aryl methyl sites for hydroxylation is 1. The van der Waals surface area contributed by atoms with Gasteiger partial charge < -0.3 is 10.2 Å². The van der Waals surface area contributed by atoms with Crippen molar-refractivity contribution in [2.45, 2.75) is 44.7 Å². The second kappa shape index (κ2) is 5.80. The molecule has 114 valence electrons. The predicted molar refractivity (Wildman–Crippen MR) is 85.0 cm³/mol. The second-order valence-corrected chi connectivity index (χ2v) is 7.01. The van der Waals surface area contributed by atoms with Crippen molar-refractivity contribution in [3.05, 3.63) is 35.4 Å². The zero-order chi connectivity index (χ0) is 15.0. The average molecular weight is 286 g/mol. The summed E-state index contributed by atoms with van der Waals surface area (Å²) in [4.78, 5) is 14.8. The van der Waals surface area contributed by atoms with Crippen LogP contribution in [-0.2, 0) is 4.79 Å². The third-order valence-electron chi connectivity index (χ3n) is 5.33. The first-order chi connectivity index (χ1) is 10.0. The molecule has 0 spiro atoms. The van der Waals surface area contributed by atoms with Gasteiger partial charge in [-0.1, -0.05) is 29.8 Å². The van der Waals surface area contributed by atoms with Crippen LogP contribution in [0.25, 0.3) is 0 Å². The van der Waals surface area contributed by atoms with Crippen molar-refractivity contribution in [3.63, 3.8) is 0 Å². The highest BCUT2D eigenvalue weighted by Gasteiger charge is 2.41. The summed E-state index contributed by atoms with van der Waals surface area (Å²) in [5.41, 5.74) is 2.52. The lowest BCUT2D eigenvalue weighted by atomic mass is 9.70. The third kappa shape index (κ3) is 2.98. The minimum atomic E-state index is 0.203. The topological polar surface area (TPSA) is 32.3 Å². The molecule has 0 bridgehead atoms. The Morgan fingerprint density at radius 2 is 2.00 bits per heavy atom. The van der Waals surface area contributed by atoms with Gasteiger partial charge in [-0.2, -0.15) is 0 Å². The van der Waals surface area contributed by atoms with Gasteiger partial charge in [0.05, 0.1) is 6.04 Å². The Balaban J connectivity index is 1.74. The molecule has 1 aliphatic carbocycles. The summed E-state index contributed by atoms with van der Waals surface area (Å²) in [5.74, 6) is 1.04. The molecule has 1 aromatic rings. The van der Waals surface area contributed by atoms with Gasteiger partial charge in [0.1, 0.15) is 0 Å². The van der Waals surface area contributed by atoms with Gasteiger partial charge in [0.25, 0.3) is 0 Å². The fourth-order valence-corrected chi connectivity index (χ4v) is 4.03. The molecule has 4 unspecified atom stereocenters. The molecule has 3 rings (SSSR count). The number of hydrogen-bond donors (Lipinski definition) is 1. The zero-order valence-electron chi connectivity index (χ0n) is 13.3. The summed E-state index contributed by atoms with van der Waals surface area (Å²) in [6, 6.07) is 9.31. The smallest absolute Gasteiger partial charge is 0.223 e. The van der Waals surface area contributed by atoms with Gasteiger partial charge >= 0.3 is 0 Å². The van der Waals surface area contributed by atoms with Crippen LogP contribution in [0, 0.1) is 18.8 Å². The van der Waals surface area contributed by atoms with E-state index in [0.29, 0.717) is 12.0 Å². The van der Waals surface area contributed by atoms with E-state index in [4.69, 9.17) is 0 Å². The number of carbonyl (C=O) groups is 1. The van der Waals surface area contributed by atoms with Gasteiger partial charge in [-0.25, -0.2) is 0 Å². The van der Waals surface area contributed by atoms with Crippen molar-refractivity contribution in [2.75, 3.05) is 14.1 Å². The number of nitrogens with one attached hydrogen (secondary N) is 1. The van der Waals surface area contributed by atoms with Gasteiger partial charge in [0, 0.05) is 12.0 Å². The fourth-order valence-electron chi connectivity index (χ4n) is 4.03. The van der Waals surface area contributed by atoms with Crippen LogP contribution in [0.1, 0.15) is 42.9 Å². The SMILES string of the molecule is Cc1cccc(C2CC3CCC(N(C)C)CC3C(=O)N2)c1. The minimum absolute atomic E-state index is 0.203. The standard InChI is InChI=1S/C18H26N2O/c1-12-5-4-6-14(9-12)17-10-13-7-8-15(20(2)3)11-16(13)18(21)19-17/h4-6,9,13,15-17H,7-8,10-11H2,1-3H3,(H,19,21). The molecule has 1 N–H and O–H groups in total. The Morgan fingerprint density at radius 1 is 1.19 bits per heavy atom. The number of benzene rings is 1. The molecule has 3 heteroatoms. The van der Waals surface area contributed by atoms with Gasteiger partial charge in [-0.05, 0) is 58.2 Å². The third-order valence-corrected chi connectivity index (χ3v) is 5.33. The maximum absolute atomic E-state index is 12.5. The molecule has 1 saturated heterocycles. The second-order valence-electron chi connectivity index (χ2n) is 7.01. The lowest BCUT2D eigenvalue weighted by Crippen LogP contribution is -2.49. The molecule has 0 aromatic heterocycles. The monoisotopic (exact) mass is 286 g/mol. The Hall–Kier alpha value is -1.35. The van der Waals surface area contributed by atoms with Crippen LogP contribution in [0.15, 0.2) is 24.3 Å². The van der Waals surface area contributed by atoms with Crippen LogP contribution in [0.2, 0.25) is 0 Å². The number of carbonyl (C=O) groups excluding carboxylic acids is 1. The largest absolute Gasteiger partial charge is 0.349 e. The molecule has 1 saturated carbocycles. The van der Waals surface area contributed by atoms with Crippen molar-refractivity contribution >= 4 is 5.91 Å². The number of rotatable bonds is 2. The van der Waals surface area contributed by atoms with Crippen molar-refractivity contribution in [1.82, 2.24) is 10.2 Å². The molecule has 1 amide bonds. The molecule has 2 aliphatic rings. The van der Waals surface area contributed by atoms with E-state index in [9.17, 15) is 4.79 Å². The highest BCUT2D eigenvalue weighted by Crippen LogP contribution is 2.41. The highest BCUT2D eigenvalue weighted by atomic mass is 16.2. The van der Waals surface area contributed by atoms with Gasteiger partial charge in [-0.15, -0.1) is 0 Å². The summed E-state index contributed by atoms with van der Waals surface area (Å²) < 4.78 is 0. The Labute approximate surface area is 127 Å². The summed E-state index contributed by atoms with van der Waals surface area (Å²) >= 11 is 0. The molecule has 2 fully saturated rings. The number of piperidine rings is 1. The Bertz CT molecular complexity index is 526. The molecule has 0 radical (unpaired) electrons. The van der Waals surface area contributed by atoms with Crippen LogP contribution in [0.5, 0.6) is 0 Å². The predicted octanol–water partition coefficient (Wildman–Crippen LogP) is 2.90. The van der Waals surface area contributed by atoms with Gasteiger partial charge in [-0.3, -0.25) is 4.79 Å². The average Bonchev–Trinajstić information content (AvgIpc) is 2.46. The first-order valence-corrected chi connectivity index (χ1v) is 8.08. The maximum atomic E-state index is 12.5. The first kappa shape index (κ1) is 14.6. The van der Waals surface area contributed by atoms with E-state index in [1.165, 1.54) is 24.0 Å². The van der Waals surface area contributed by atoms with Crippen molar-refractivity contribution < 1.29 is 4.79 Å². The summed E-state index contributed by atoms with van der Waals surface area (Å²) in [5, 5.41) is 3.26. The van der Waals surface area contributed by atoms with Crippen LogP contribution in [-0.4, -0.2) is 30.9 Å². The lowest BCUT2D eigenvalue weighted by Gasteiger charge is -2.43. The fraction of sp³-hybridized carbons (Fsp3) is 0.611. The summed E-state index contributed by atoms with van der Waals surface area (Å²) in [6.45, 7) is 2.11. The molecule has 21 heavy (non-hydrogen) atoms. The Kier molecular flexibility index (Phi) is 4.03. The molecular weight excluding hydrogens is 260 g/mol. The molecular formula is C18H26N2O. The Morgan fingerprint density at radius 3 is 2.71 bits per heavy atom. The number of fused-ring (bicyclic) bond motifs is 1. The molecule has 1 aromatic carbocycles. The first-order valence-electron chi connectivity index (χ1n) is 8.08. The molecule has 1 aliphatic heterocycles. The van der Waals surface area contributed by atoms with E-state index < -0.39 is 0 Å². The molecule has 3 nitrogen and oxygen atoms in total. The van der Waals surface area contributed by atoms with E-state index in [0.717, 1.165) is 12.8 Å². The molecule has 4 atom stereocenters. The van der Waals surface area contributed by atoms with E-state index in [2.05, 4.69) is 55.5 Å². The highest BCUT2D eigenvalue weighted by molar-refractivity contribution is 5.80. The minimum Gasteiger partial charge on any atom is -0.349 e. The molecule has 1 heterocycles. The van der Waals surface area contributed by atoms with Gasteiger partial charge in [0.2, 0.25) is 5.91 Å².